The molecule has 0 saturated heterocycles. The van der Waals surface area contributed by atoms with E-state index in [1.807, 2.05) is 20.3 Å². The van der Waals surface area contributed by atoms with Gasteiger partial charge in [-0.3, -0.25) is 4.79 Å². The summed E-state index contributed by atoms with van der Waals surface area (Å²) in [5, 5.41) is 0.921. The average Bonchev–Trinajstić information content (AvgIpc) is 2.33. The van der Waals surface area contributed by atoms with E-state index in [1.54, 1.807) is 18.3 Å². The molecule has 0 unspecified atom stereocenters. The smallest absolute Gasteiger partial charge is 0.136 e. The van der Waals surface area contributed by atoms with Crippen molar-refractivity contribution in [3.63, 3.8) is 0 Å². The van der Waals surface area contributed by atoms with Crippen molar-refractivity contribution in [1.82, 2.24) is 9.88 Å². The van der Waals surface area contributed by atoms with Gasteiger partial charge in [-0.05, 0) is 21.0 Å². The minimum Gasteiger partial charge on any atom is -0.304 e. The van der Waals surface area contributed by atoms with Gasteiger partial charge in [-0.2, -0.15) is 0 Å². The van der Waals surface area contributed by atoms with Crippen molar-refractivity contribution in [3.8, 4) is 0 Å². The first kappa shape index (κ1) is 10.3. The van der Waals surface area contributed by atoms with E-state index in [4.69, 9.17) is 0 Å². The van der Waals surface area contributed by atoms with Crippen LogP contribution in [0.5, 0.6) is 0 Å². The van der Waals surface area contributed by atoms with Gasteiger partial charge in [0.05, 0.1) is 6.42 Å². The molecule has 4 heteroatoms. The van der Waals surface area contributed by atoms with Crippen molar-refractivity contribution in [3.05, 3.63) is 16.1 Å². The zero-order valence-corrected chi connectivity index (χ0v) is 9.02. The molecule has 0 spiro atoms. The van der Waals surface area contributed by atoms with Crippen molar-refractivity contribution in [2.75, 3.05) is 14.1 Å². The van der Waals surface area contributed by atoms with Crippen molar-refractivity contribution in [2.24, 2.45) is 0 Å². The molecule has 0 N–H and O–H groups in total. The summed E-state index contributed by atoms with van der Waals surface area (Å²) < 4.78 is 0. The highest BCUT2D eigenvalue weighted by Gasteiger charge is 2.04. The lowest BCUT2D eigenvalue weighted by Crippen LogP contribution is -2.09. The van der Waals surface area contributed by atoms with Crippen LogP contribution in [0.2, 0.25) is 0 Å². The Bertz CT molecular complexity index is 294. The lowest BCUT2D eigenvalue weighted by atomic mass is 10.3. The van der Waals surface area contributed by atoms with Crippen molar-refractivity contribution >= 4 is 17.1 Å². The lowest BCUT2D eigenvalue weighted by Gasteiger charge is -2.05. The summed E-state index contributed by atoms with van der Waals surface area (Å²) in [6.07, 6.45) is 2.32. The summed E-state index contributed by atoms with van der Waals surface area (Å²) in [6.45, 7) is 2.49. The second-order valence-electron chi connectivity index (χ2n) is 3.34. The molecule has 1 aromatic rings. The monoisotopic (exact) mass is 198 g/mol. The van der Waals surface area contributed by atoms with E-state index in [0.717, 1.165) is 11.6 Å². The summed E-state index contributed by atoms with van der Waals surface area (Å²) in [5.74, 6) is 0.172. The Kier molecular flexibility index (Phi) is 3.57. The third-order valence-electron chi connectivity index (χ3n) is 1.47. The number of carbonyl (C=O) groups excluding carboxylic acids is 1. The lowest BCUT2D eigenvalue weighted by molar-refractivity contribution is -0.116. The van der Waals surface area contributed by atoms with Crippen LogP contribution in [-0.4, -0.2) is 29.8 Å². The van der Waals surface area contributed by atoms with Gasteiger partial charge in [0, 0.05) is 17.6 Å². The minimum atomic E-state index is 0.172. The molecule has 0 bridgehead atoms. The van der Waals surface area contributed by atoms with Crippen molar-refractivity contribution in [2.45, 2.75) is 19.9 Å². The fraction of sp³-hybridized carbons (Fsp3) is 0.556. The molecule has 3 nitrogen and oxygen atoms in total. The van der Waals surface area contributed by atoms with E-state index >= 15 is 0 Å². The number of ketones is 1. The summed E-state index contributed by atoms with van der Waals surface area (Å²) >= 11 is 1.62. The zero-order chi connectivity index (χ0) is 9.84. The number of hydrogen-bond donors (Lipinski definition) is 0. The van der Waals surface area contributed by atoms with Crippen LogP contribution in [0.1, 0.15) is 16.8 Å². The standard InChI is InChI=1S/C9H14N2OS/c1-7(12)4-9-10-5-8(13-9)6-11(2)3/h5H,4,6H2,1-3H3. The average molecular weight is 198 g/mol. The molecule has 0 amide bonds. The molecule has 1 aromatic heterocycles. The van der Waals surface area contributed by atoms with Crippen LogP contribution in [0.15, 0.2) is 6.20 Å². The fourth-order valence-electron chi connectivity index (χ4n) is 1.03. The first-order valence-electron chi connectivity index (χ1n) is 4.15. The molecule has 0 aliphatic heterocycles. The molecule has 1 rings (SSSR count). The second-order valence-corrected chi connectivity index (χ2v) is 4.54. The van der Waals surface area contributed by atoms with E-state index in [1.165, 1.54) is 4.88 Å². The highest BCUT2D eigenvalue weighted by atomic mass is 32.1. The maximum atomic E-state index is 10.8. The van der Waals surface area contributed by atoms with Gasteiger partial charge < -0.3 is 4.90 Å². The van der Waals surface area contributed by atoms with Crippen LogP contribution in [-0.2, 0) is 17.8 Å². The summed E-state index contributed by atoms with van der Waals surface area (Å²) in [7, 11) is 4.04. The van der Waals surface area contributed by atoms with Gasteiger partial charge in [-0.1, -0.05) is 0 Å². The SMILES string of the molecule is CC(=O)Cc1ncc(CN(C)C)s1. The molecule has 0 radical (unpaired) electrons. The number of Topliss-reactive ketones (excluding diaryl/α,β-unsaturated/α-hetero) is 1. The maximum absolute atomic E-state index is 10.8. The zero-order valence-electron chi connectivity index (χ0n) is 8.20. The molecule has 0 aliphatic carbocycles. The van der Waals surface area contributed by atoms with Crippen LogP contribution in [0.3, 0.4) is 0 Å². The van der Waals surface area contributed by atoms with Gasteiger partial charge in [-0.15, -0.1) is 11.3 Å². The molecule has 0 saturated carbocycles. The van der Waals surface area contributed by atoms with Crippen molar-refractivity contribution in [1.29, 1.82) is 0 Å². The van der Waals surface area contributed by atoms with E-state index in [0.29, 0.717) is 6.42 Å². The van der Waals surface area contributed by atoms with Crippen LogP contribution >= 0.6 is 11.3 Å². The Labute approximate surface area is 82.4 Å². The predicted molar refractivity (Wildman–Crippen MR) is 53.9 cm³/mol. The first-order valence-corrected chi connectivity index (χ1v) is 4.97. The summed E-state index contributed by atoms with van der Waals surface area (Å²) in [6, 6.07) is 0. The molecular weight excluding hydrogens is 184 g/mol. The van der Waals surface area contributed by atoms with E-state index in [9.17, 15) is 4.79 Å². The molecular formula is C9H14N2OS. The Morgan fingerprint density at radius 2 is 2.31 bits per heavy atom. The highest BCUT2D eigenvalue weighted by Crippen LogP contribution is 2.14. The van der Waals surface area contributed by atoms with E-state index < -0.39 is 0 Å². The third kappa shape index (κ3) is 3.65. The first-order chi connectivity index (χ1) is 6.08. The number of rotatable bonds is 4. The third-order valence-corrected chi connectivity index (χ3v) is 2.46. The quantitative estimate of drug-likeness (QED) is 0.732. The predicted octanol–water partition coefficient (Wildman–Crippen LogP) is 1.34. The molecule has 0 aliphatic rings. The normalized spacial score (nSPS) is 10.8. The number of aromatic nitrogens is 1. The second kappa shape index (κ2) is 4.48. The van der Waals surface area contributed by atoms with Gasteiger partial charge in [0.1, 0.15) is 10.8 Å². The molecule has 13 heavy (non-hydrogen) atoms. The minimum absolute atomic E-state index is 0.172. The Morgan fingerprint density at radius 3 is 2.85 bits per heavy atom. The van der Waals surface area contributed by atoms with E-state index in [2.05, 4.69) is 9.88 Å². The van der Waals surface area contributed by atoms with Crippen LogP contribution in [0.25, 0.3) is 0 Å². The number of nitrogens with zero attached hydrogens (tertiary/aromatic N) is 2. The Hall–Kier alpha value is -0.740. The van der Waals surface area contributed by atoms with Gasteiger partial charge in [0.25, 0.3) is 0 Å². The van der Waals surface area contributed by atoms with Gasteiger partial charge in [0.2, 0.25) is 0 Å². The maximum Gasteiger partial charge on any atom is 0.136 e. The van der Waals surface area contributed by atoms with Gasteiger partial charge in [0.15, 0.2) is 0 Å². The van der Waals surface area contributed by atoms with Gasteiger partial charge >= 0.3 is 0 Å². The molecule has 72 valence electrons. The van der Waals surface area contributed by atoms with Gasteiger partial charge in [-0.25, -0.2) is 4.98 Å². The largest absolute Gasteiger partial charge is 0.304 e. The summed E-state index contributed by atoms with van der Waals surface area (Å²) in [4.78, 5) is 18.3. The molecule has 0 atom stereocenters. The number of thiazole rings is 1. The van der Waals surface area contributed by atoms with Crippen LogP contribution in [0, 0.1) is 0 Å². The molecule has 0 fully saturated rings. The van der Waals surface area contributed by atoms with Crippen LogP contribution in [0.4, 0.5) is 0 Å². The number of carbonyl (C=O) groups is 1. The van der Waals surface area contributed by atoms with Crippen LogP contribution < -0.4 is 0 Å². The Morgan fingerprint density at radius 1 is 1.62 bits per heavy atom. The number of hydrogen-bond acceptors (Lipinski definition) is 4. The topological polar surface area (TPSA) is 33.2 Å². The molecule has 1 heterocycles. The Balaban J connectivity index is 2.58. The molecule has 0 aromatic carbocycles. The fourth-order valence-corrected chi connectivity index (χ4v) is 2.14. The summed E-state index contributed by atoms with van der Waals surface area (Å²) in [5.41, 5.74) is 0. The highest BCUT2D eigenvalue weighted by molar-refractivity contribution is 7.11. The van der Waals surface area contributed by atoms with E-state index in [-0.39, 0.29) is 5.78 Å². The van der Waals surface area contributed by atoms with Crippen molar-refractivity contribution < 1.29 is 4.79 Å².